The van der Waals surface area contributed by atoms with Gasteiger partial charge in [-0.25, -0.2) is 0 Å². The molecule has 2 N–H and O–H groups in total. The third-order valence-electron chi connectivity index (χ3n) is 5.66. The second-order valence-electron chi connectivity index (χ2n) is 7.91. The molecule has 1 saturated carbocycles. The van der Waals surface area contributed by atoms with Crippen LogP contribution in [0, 0.1) is 5.92 Å². The van der Waals surface area contributed by atoms with E-state index >= 15 is 0 Å². The molecule has 0 aromatic heterocycles. The molecular weight excluding hydrogens is 368 g/mol. The third-order valence-corrected chi connectivity index (χ3v) is 5.66. The van der Waals surface area contributed by atoms with Crippen molar-refractivity contribution in [1.29, 1.82) is 0 Å². The number of rotatable bonds is 3. The Morgan fingerprint density at radius 3 is 2.62 bits per heavy atom. The molecule has 3 aliphatic rings. The lowest BCUT2D eigenvalue weighted by atomic mass is 9.89. The van der Waals surface area contributed by atoms with Gasteiger partial charge < -0.3 is 29.6 Å². The Balaban J connectivity index is 0.000000755. The number of carbonyl (C=O) groups is 1. The molecule has 2 heterocycles. The minimum atomic E-state index is -0.0570. The first-order valence-corrected chi connectivity index (χ1v) is 10.6. The number of nitrogens with one attached hydrogen (secondary N) is 2. The van der Waals surface area contributed by atoms with E-state index in [1.165, 1.54) is 29.7 Å². The molecule has 0 saturated heterocycles. The minimum Gasteiger partial charge on any atom is -0.497 e. The van der Waals surface area contributed by atoms with Gasteiger partial charge in [-0.3, -0.25) is 0 Å². The largest absolute Gasteiger partial charge is 0.497 e. The number of hydrogen-bond donors (Lipinski definition) is 2. The van der Waals surface area contributed by atoms with Gasteiger partial charge in [-0.2, -0.15) is 0 Å². The van der Waals surface area contributed by atoms with E-state index in [1.807, 2.05) is 6.07 Å². The number of hydrogen-bond acceptors (Lipinski definition) is 6. The Bertz CT molecular complexity index is 715. The van der Waals surface area contributed by atoms with Crippen LogP contribution in [0.1, 0.15) is 44.1 Å². The second kappa shape index (κ2) is 10.6. The highest BCUT2D eigenvalue weighted by Gasteiger charge is 2.39. The smallest absolute Gasteiger partial charge is 0.136 e. The fourth-order valence-electron chi connectivity index (χ4n) is 4.07. The molecule has 0 bridgehead atoms. The van der Waals surface area contributed by atoms with Gasteiger partial charge >= 0.3 is 0 Å². The number of benzene rings is 1. The SMILES string of the molecule is COC.COc1ccc2c(c1)C1=C(OCCN[C@H](C=O)CCCC1)C(C1CC1)N2. The molecule has 6 heteroatoms. The van der Waals surface area contributed by atoms with Crippen molar-refractivity contribution in [3.05, 3.63) is 29.5 Å². The van der Waals surface area contributed by atoms with Gasteiger partial charge in [0.25, 0.3) is 0 Å². The predicted molar refractivity (Wildman–Crippen MR) is 115 cm³/mol. The van der Waals surface area contributed by atoms with Crippen LogP contribution in [-0.4, -0.2) is 52.9 Å². The highest BCUT2D eigenvalue weighted by Crippen LogP contribution is 2.46. The van der Waals surface area contributed by atoms with Crippen molar-refractivity contribution >= 4 is 17.5 Å². The van der Waals surface area contributed by atoms with Crippen LogP contribution in [0.4, 0.5) is 5.69 Å². The van der Waals surface area contributed by atoms with Gasteiger partial charge in [0.05, 0.1) is 19.2 Å². The van der Waals surface area contributed by atoms with Crippen molar-refractivity contribution in [3.8, 4) is 5.75 Å². The molecule has 0 spiro atoms. The summed E-state index contributed by atoms with van der Waals surface area (Å²) in [6, 6.07) is 6.48. The topological polar surface area (TPSA) is 68.8 Å². The van der Waals surface area contributed by atoms with Crippen molar-refractivity contribution in [2.45, 2.75) is 50.6 Å². The first-order chi connectivity index (χ1) is 14.2. The average molecular weight is 403 g/mol. The Morgan fingerprint density at radius 2 is 1.93 bits per heavy atom. The van der Waals surface area contributed by atoms with Crippen molar-refractivity contribution in [2.75, 3.05) is 39.8 Å². The van der Waals surface area contributed by atoms with Crippen LogP contribution >= 0.6 is 0 Å². The summed E-state index contributed by atoms with van der Waals surface area (Å²) in [6.07, 6.45) is 7.51. The summed E-state index contributed by atoms with van der Waals surface area (Å²) in [5, 5.41) is 7.02. The predicted octanol–water partition coefficient (Wildman–Crippen LogP) is 3.62. The van der Waals surface area contributed by atoms with Crippen molar-refractivity contribution < 1.29 is 19.0 Å². The number of ether oxygens (including phenoxy) is 3. The number of aldehydes is 1. The number of allylic oxidation sites excluding steroid dienone is 1. The molecule has 1 aliphatic carbocycles. The molecule has 0 radical (unpaired) electrons. The lowest BCUT2D eigenvalue weighted by molar-refractivity contribution is -0.109. The van der Waals surface area contributed by atoms with Crippen LogP contribution < -0.4 is 15.4 Å². The molecule has 2 aliphatic heterocycles. The minimum absolute atomic E-state index is 0.0570. The van der Waals surface area contributed by atoms with Crippen LogP contribution in [-0.2, 0) is 14.3 Å². The van der Waals surface area contributed by atoms with E-state index in [4.69, 9.17) is 9.47 Å². The van der Waals surface area contributed by atoms with Crippen LogP contribution in [0.15, 0.2) is 24.0 Å². The van der Waals surface area contributed by atoms with E-state index in [-0.39, 0.29) is 12.1 Å². The lowest BCUT2D eigenvalue weighted by Crippen LogP contribution is -2.35. The van der Waals surface area contributed by atoms with Crippen LogP contribution in [0.5, 0.6) is 5.75 Å². The number of carbonyl (C=O) groups excluding carboxylic acids is 1. The number of anilines is 1. The molecule has 1 aromatic carbocycles. The van der Waals surface area contributed by atoms with Gasteiger partial charge in [0.15, 0.2) is 0 Å². The maximum atomic E-state index is 11.2. The first kappa shape index (κ1) is 21.7. The van der Waals surface area contributed by atoms with Crippen molar-refractivity contribution in [2.24, 2.45) is 5.92 Å². The van der Waals surface area contributed by atoms with E-state index in [1.54, 1.807) is 21.3 Å². The highest BCUT2D eigenvalue weighted by molar-refractivity contribution is 5.82. The van der Waals surface area contributed by atoms with Gasteiger partial charge in [-0.15, -0.1) is 0 Å². The Hall–Kier alpha value is -2.05. The highest BCUT2D eigenvalue weighted by atomic mass is 16.5. The summed E-state index contributed by atoms with van der Waals surface area (Å²) in [5.74, 6) is 2.65. The fourth-order valence-corrected chi connectivity index (χ4v) is 4.07. The molecule has 1 unspecified atom stereocenters. The maximum absolute atomic E-state index is 11.2. The monoisotopic (exact) mass is 402 g/mol. The molecule has 29 heavy (non-hydrogen) atoms. The van der Waals surface area contributed by atoms with Gasteiger partial charge in [-0.1, -0.05) is 6.42 Å². The molecule has 6 nitrogen and oxygen atoms in total. The molecule has 160 valence electrons. The lowest BCUT2D eigenvalue weighted by Gasteiger charge is -2.32. The van der Waals surface area contributed by atoms with E-state index in [0.29, 0.717) is 19.1 Å². The van der Waals surface area contributed by atoms with E-state index < -0.39 is 0 Å². The summed E-state index contributed by atoms with van der Waals surface area (Å²) in [5.41, 5.74) is 3.71. The first-order valence-electron chi connectivity index (χ1n) is 10.6. The number of methoxy groups -OCH3 is 2. The van der Waals surface area contributed by atoms with Crippen molar-refractivity contribution in [1.82, 2.24) is 5.32 Å². The Kier molecular flexibility index (Phi) is 7.95. The molecule has 0 amide bonds. The zero-order valence-corrected chi connectivity index (χ0v) is 17.8. The molecule has 1 aromatic rings. The van der Waals surface area contributed by atoms with Crippen LogP contribution in [0.2, 0.25) is 0 Å². The summed E-state index contributed by atoms with van der Waals surface area (Å²) in [4.78, 5) is 11.2. The normalized spacial score (nSPS) is 24.4. The summed E-state index contributed by atoms with van der Waals surface area (Å²) < 4.78 is 16.0. The van der Waals surface area contributed by atoms with Crippen LogP contribution in [0.25, 0.3) is 5.57 Å². The quantitative estimate of drug-likeness (QED) is 0.753. The van der Waals surface area contributed by atoms with Gasteiger partial charge in [-0.05, 0) is 56.2 Å². The van der Waals surface area contributed by atoms with Gasteiger partial charge in [0.1, 0.15) is 24.4 Å². The maximum Gasteiger partial charge on any atom is 0.136 e. The molecule has 4 rings (SSSR count). The Labute approximate surface area is 174 Å². The summed E-state index contributed by atoms with van der Waals surface area (Å²) in [7, 11) is 4.96. The molecule has 1 fully saturated rings. The fraction of sp³-hybridized carbons (Fsp3) is 0.609. The number of fused-ring (bicyclic) bond motifs is 2. The van der Waals surface area contributed by atoms with Crippen LogP contribution in [0.3, 0.4) is 0 Å². The van der Waals surface area contributed by atoms with E-state index in [0.717, 1.165) is 43.5 Å². The van der Waals surface area contributed by atoms with E-state index in [2.05, 4.69) is 27.5 Å². The van der Waals surface area contributed by atoms with E-state index in [9.17, 15) is 4.79 Å². The molecule has 2 atom stereocenters. The Morgan fingerprint density at radius 1 is 1.14 bits per heavy atom. The van der Waals surface area contributed by atoms with Gasteiger partial charge in [0, 0.05) is 37.6 Å². The van der Waals surface area contributed by atoms with Crippen molar-refractivity contribution in [3.63, 3.8) is 0 Å². The average Bonchev–Trinajstić information content (AvgIpc) is 3.57. The zero-order chi connectivity index (χ0) is 20.6. The summed E-state index contributed by atoms with van der Waals surface area (Å²) in [6.45, 7) is 1.29. The zero-order valence-electron chi connectivity index (χ0n) is 17.8. The standard InChI is InChI=1S/C21H28N2O3.C2H6O/c1-25-16-8-9-19-18(12-16)17-5-3-2-4-15(13-24)22-10-11-26-21(17)20(23-19)14-6-7-14;1-3-2/h8-9,12-15,20,22-23H,2-7,10-11H2,1H3;1-2H3/t15-,20?;/m0./s1. The second-order valence-corrected chi connectivity index (χ2v) is 7.91. The third kappa shape index (κ3) is 5.52. The van der Waals surface area contributed by atoms with Gasteiger partial charge in [0.2, 0.25) is 0 Å². The summed E-state index contributed by atoms with van der Waals surface area (Å²) >= 11 is 0. The molecular formula is C23H34N2O4.